The van der Waals surface area contributed by atoms with Gasteiger partial charge in [0, 0.05) is 12.1 Å². The first kappa shape index (κ1) is 12.0. The van der Waals surface area contributed by atoms with Crippen molar-refractivity contribution >= 4 is 0 Å². The maximum absolute atomic E-state index is 3.56. The van der Waals surface area contributed by atoms with Gasteiger partial charge in [-0.15, -0.1) is 0 Å². The Kier molecular flexibility index (Phi) is 5.49. The van der Waals surface area contributed by atoms with Gasteiger partial charge in [0.25, 0.3) is 0 Å². The number of nitrogens with one attached hydrogen (secondary N) is 2. The standard InChI is InChI=1S/C12H26N2/c1-10(2)14-9-11(3)5-4-8-13-12-6-7-12/h10-14H,4-9H2,1-3H3. The Bertz CT molecular complexity index is 141. The highest BCUT2D eigenvalue weighted by molar-refractivity contribution is 4.80. The molecule has 14 heavy (non-hydrogen) atoms. The summed E-state index contributed by atoms with van der Waals surface area (Å²) in [4.78, 5) is 0. The second-order valence-electron chi connectivity index (χ2n) is 5.04. The molecule has 1 saturated carbocycles. The van der Waals surface area contributed by atoms with Crippen LogP contribution in [0.15, 0.2) is 0 Å². The minimum absolute atomic E-state index is 0.627. The van der Waals surface area contributed by atoms with E-state index in [1.165, 1.54) is 38.8 Å². The lowest BCUT2D eigenvalue weighted by molar-refractivity contribution is 0.436. The Morgan fingerprint density at radius 2 is 1.93 bits per heavy atom. The Hall–Kier alpha value is -0.0800. The molecule has 0 aromatic rings. The van der Waals surface area contributed by atoms with E-state index in [2.05, 4.69) is 31.4 Å². The predicted octanol–water partition coefficient (Wildman–Crippen LogP) is 2.15. The normalized spacial score (nSPS) is 18.9. The lowest BCUT2D eigenvalue weighted by atomic mass is 10.1. The molecular formula is C12H26N2. The zero-order valence-electron chi connectivity index (χ0n) is 9.97. The van der Waals surface area contributed by atoms with Crippen LogP contribution in [0.25, 0.3) is 0 Å². The predicted molar refractivity (Wildman–Crippen MR) is 62.6 cm³/mol. The second-order valence-corrected chi connectivity index (χ2v) is 5.04. The number of hydrogen-bond donors (Lipinski definition) is 2. The van der Waals surface area contributed by atoms with E-state index in [1.807, 2.05) is 0 Å². The summed E-state index contributed by atoms with van der Waals surface area (Å²) in [7, 11) is 0. The smallest absolute Gasteiger partial charge is 0.00682 e. The molecule has 1 fully saturated rings. The van der Waals surface area contributed by atoms with Gasteiger partial charge in [0.15, 0.2) is 0 Å². The summed E-state index contributed by atoms with van der Waals surface area (Å²) >= 11 is 0. The highest BCUT2D eigenvalue weighted by Crippen LogP contribution is 2.18. The largest absolute Gasteiger partial charge is 0.314 e. The van der Waals surface area contributed by atoms with Crippen molar-refractivity contribution in [1.82, 2.24) is 10.6 Å². The monoisotopic (exact) mass is 198 g/mol. The first-order valence-electron chi connectivity index (χ1n) is 6.15. The highest BCUT2D eigenvalue weighted by Gasteiger charge is 2.19. The SMILES string of the molecule is CC(CCCNC1CC1)CNC(C)C. The van der Waals surface area contributed by atoms with Crippen molar-refractivity contribution in [3.8, 4) is 0 Å². The van der Waals surface area contributed by atoms with E-state index in [0.717, 1.165) is 12.0 Å². The molecule has 0 aromatic heterocycles. The minimum atomic E-state index is 0.627. The van der Waals surface area contributed by atoms with E-state index in [9.17, 15) is 0 Å². The maximum Gasteiger partial charge on any atom is 0.00682 e. The van der Waals surface area contributed by atoms with Gasteiger partial charge in [0.1, 0.15) is 0 Å². The Morgan fingerprint density at radius 3 is 2.50 bits per heavy atom. The molecule has 1 rings (SSSR count). The fourth-order valence-corrected chi connectivity index (χ4v) is 1.58. The van der Waals surface area contributed by atoms with Crippen LogP contribution in [0.3, 0.4) is 0 Å². The molecule has 0 aromatic carbocycles. The molecule has 0 heterocycles. The van der Waals surface area contributed by atoms with Crippen molar-refractivity contribution in [2.24, 2.45) is 5.92 Å². The van der Waals surface area contributed by atoms with E-state index >= 15 is 0 Å². The van der Waals surface area contributed by atoms with Crippen LogP contribution < -0.4 is 10.6 Å². The highest BCUT2D eigenvalue weighted by atomic mass is 14.9. The summed E-state index contributed by atoms with van der Waals surface area (Å²) in [5, 5.41) is 7.04. The molecule has 2 nitrogen and oxygen atoms in total. The third-order valence-corrected chi connectivity index (χ3v) is 2.76. The molecular weight excluding hydrogens is 172 g/mol. The van der Waals surface area contributed by atoms with Gasteiger partial charge >= 0.3 is 0 Å². The molecule has 0 spiro atoms. The summed E-state index contributed by atoms with van der Waals surface area (Å²) < 4.78 is 0. The minimum Gasteiger partial charge on any atom is -0.314 e. The van der Waals surface area contributed by atoms with Gasteiger partial charge in [0.2, 0.25) is 0 Å². The molecule has 1 aliphatic rings. The lowest BCUT2D eigenvalue weighted by Gasteiger charge is -2.14. The Labute approximate surface area is 88.8 Å². The summed E-state index contributed by atoms with van der Waals surface area (Å²) in [5.74, 6) is 0.818. The first-order valence-corrected chi connectivity index (χ1v) is 6.15. The van der Waals surface area contributed by atoms with Gasteiger partial charge < -0.3 is 10.6 Å². The summed E-state index contributed by atoms with van der Waals surface area (Å²) in [6, 6.07) is 1.50. The molecule has 84 valence electrons. The zero-order valence-corrected chi connectivity index (χ0v) is 9.97. The molecule has 0 amide bonds. The average Bonchev–Trinajstić information content (AvgIpc) is 2.92. The van der Waals surface area contributed by atoms with Crippen LogP contribution in [-0.2, 0) is 0 Å². The van der Waals surface area contributed by atoms with E-state index in [1.54, 1.807) is 0 Å². The van der Waals surface area contributed by atoms with Crippen molar-refractivity contribution < 1.29 is 0 Å². The van der Waals surface area contributed by atoms with Crippen molar-refractivity contribution in [3.63, 3.8) is 0 Å². The van der Waals surface area contributed by atoms with Gasteiger partial charge in [-0.25, -0.2) is 0 Å². The Balaban J connectivity index is 1.83. The second kappa shape index (κ2) is 6.41. The zero-order chi connectivity index (χ0) is 10.4. The number of rotatable bonds is 8. The van der Waals surface area contributed by atoms with Gasteiger partial charge in [-0.1, -0.05) is 20.8 Å². The molecule has 1 aliphatic carbocycles. The molecule has 0 saturated heterocycles. The molecule has 0 aliphatic heterocycles. The van der Waals surface area contributed by atoms with Crippen molar-refractivity contribution in [2.75, 3.05) is 13.1 Å². The fraction of sp³-hybridized carbons (Fsp3) is 1.00. The van der Waals surface area contributed by atoms with Gasteiger partial charge in [-0.05, 0) is 44.7 Å². The quantitative estimate of drug-likeness (QED) is 0.584. The first-order chi connectivity index (χ1) is 6.68. The molecule has 1 unspecified atom stereocenters. The van der Waals surface area contributed by atoms with Gasteiger partial charge in [-0.3, -0.25) is 0 Å². The van der Waals surface area contributed by atoms with Crippen molar-refractivity contribution in [3.05, 3.63) is 0 Å². The molecule has 2 heteroatoms. The van der Waals surface area contributed by atoms with Crippen LogP contribution in [-0.4, -0.2) is 25.2 Å². The van der Waals surface area contributed by atoms with Crippen LogP contribution in [0.5, 0.6) is 0 Å². The van der Waals surface area contributed by atoms with E-state index in [4.69, 9.17) is 0 Å². The van der Waals surface area contributed by atoms with Crippen LogP contribution in [0.4, 0.5) is 0 Å². The third kappa shape index (κ3) is 6.39. The van der Waals surface area contributed by atoms with Crippen LogP contribution in [0, 0.1) is 5.92 Å². The topological polar surface area (TPSA) is 24.1 Å². The van der Waals surface area contributed by atoms with Crippen LogP contribution in [0.1, 0.15) is 46.5 Å². The van der Waals surface area contributed by atoms with Crippen LogP contribution in [0.2, 0.25) is 0 Å². The summed E-state index contributed by atoms with van der Waals surface area (Å²) in [6.07, 6.45) is 5.49. The maximum atomic E-state index is 3.56. The van der Waals surface area contributed by atoms with E-state index < -0.39 is 0 Å². The lowest BCUT2D eigenvalue weighted by Crippen LogP contribution is -2.28. The molecule has 2 N–H and O–H groups in total. The number of hydrogen-bond acceptors (Lipinski definition) is 2. The molecule has 0 bridgehead atoms. The van der Waals surface area contributed by atoms with E-state index in [0.29, 0.717) is 6.04 Å². The molecule has 0 radical (unpaired) electrons. The average molecular weight is 198 g/mol. The van der Waals surface area contributed by atoms with Gasteiger partial charge in [0.05, 0.1) is 0 Å². The van der Waals surface area contributed by atoms with Crippen molar-refractivity contribution in [2.45, 2.75) is 58.5 Å². The summed E-state index contributed by atoms with van der Waals surface area (Å²) in [6.45, 7) is 9.15. The Morgan fingerprint density at radius 1 is 1.21 bits per heavy atom. The van der Waals surface area contributed by atoms with Gasteiger partial charge in [-0.2, -0.15) is 0 Å². The third-order valence-electron chi connectivity index (χ3n) is 2.76. The van der Waals surface area contributed by atoms with Crippen molar-refractivity contribution in [1.29, 1.82) is 0 Å². The fourth-order valence-electron chi connectivity index (χ4n) is 1.58. The van der Waals surface area contributed by atoms with Crippen LogP contribution >= 0.6 is 0 Å². The van der Waals surface area contributed by atoms with E-state index in [-0.39, 0.29) is 0 Å². The molecule has 1 atom stereocenters. The summed E-state index contributed by atoms with van der Waals surface area (Å²) in [5.41, 5.74) is 0.